The van der Waals surface area contributed by atoms with Gasteiger partial charge in [-0.25, -0.2) is 18.9 Å². The average Bonchev–Trinajstić information content (AvgIpc) is 3.31. The van der Waals surface area contributed by atoms with Crippen LogP contribution >= 0.6 is 7.75 Å². The molecule has 3 aromatic heterocycles. The fraction of sp³-hybridized carbons (Fsp3) is 0.429. The standard InChI is InChI=1S/C14H18N7O6P/c1-7-16-2-3-21(7)28(24,25)26-5-9-8(22)4-10(27-9)20-6-17-11-12(20)18-14(15)19-13(11)23/h2-3,6,8-10,22H,4-5H2,1H3,(H,24,25)(H3,15,18,19,23)/t8-,9+,10+/m0/s1. The molecule has 4 rings (SSSR count). The Morgan fingerprint density at radius 2 is 2.29 bits per heavy atom. The molecule has 150 valence electrons. The third kappa shape index (κ3) is 3.23. The summed E-state index contributed by atoms with van der Waals surface area (Å²) < 4.78 is 25.7. The quantitative estimate of drug-likeness (QED) is 0.400. The fourth-order valence-electron chi connectivity index (χ4n) is 3.06. The highest BCUT2D eigenvalue weighted by molar-refractivity contribution is 7.51. The molecule has 0 bridgehead atoms. The predicted molar refractivity (Wildman–Crippen MR) is 95.2 cm³/mol. The van der Waals surface area contributed by atoms with Gasteiger partial charge in [0, 0.05) is 18.8 Å². The van der Waals surface area contributed by atoms with E-state index in [4.69, 9.17) is 15.0 Å². The first-order chi connectivity index (χ1) is 13.3. The molecule has 1 aliphatic rings. The van der Waals surface area contributed by atoms with E-state index < -0.39 is 31.7 Å². The van der Waals surface area contributed by atoms with Crippen molar-refractivity contribution in [3.63, 3.8) is 0 Å². The molecule has 4 heterocycles. The lowest BCUT2D eigenvalue weighted by atomic mass is 10.2. The molecule has 3 aromatic rings. The Morgan fingerprint density at radius 3 is 3.00 bits per heavy atom. The van der Waals surface area contributed by atoms with Gasteiger partial charge in [-0.1, -0.05) is 0 Å². The van der Waals surface area contributed by atoms with Gasteiger partial charge in [0.1, 0.15) is 18.2 Å². The van der Waals surface area contributed by atoms with Crippen molar-refractivity contribution < 1.29 is 23.8 Å². The molecule has 0 spiro atoms. The molecule has 0 radical (unpaired) electrons. The molecule has 1 saturated heterocycles. The third-order valence-electron chi connectivity index (χ3n) is 4.45. The highest BCUT2D eigenvalue weighted by Gasteiger charge is 2.38. The zero-order valence-corrected chi connectivity index (χ0v) is 15.6. The van der Waals surface area contributed by atoms with Crippen molar-refractivity contribution in [2.24, 2.45) is 0 Å². The van der Waals surface area contributed by atoms with E-state index in [1.165, 1.54) is 23.3 Å². The number of aliphatic hydroxyl groups is 1. The number of nitrogen functional groups attached to an aromatic ring is 1. The number of fused-ring (bicyclic) bond motifs is 1. The monoisotopic (exact) mass is 411 g/mol. The van der Waals surface area contributed by atoms with Crippen LogP contribution in [0.25, 0.3) is 11.2 Å². The van der Waals surface area contributed by atoms with E-state index in [9.17, 15) is 19.4 Å². The van der Waals surface area contributed by atoms with Gasteiger partial charge < -0.3 is 20.5 Å². The van der Waals surface area contributed by atoms with Gasteiger partial charge in [-0.05, 0) is 6.92 Å². The van der Waals surface area contributed by atoms with Crippen LogP contribution in [-0.4, -0.2) is 57.7 Å². The summed E-state index contributed by atoms with van der Waals surface area (Å²) in [6, 6.07) is 0. The van der Waals surface area contributed by atoms with E-state index >= 15 is 0 Å². The number of aryl methyl sites for hydroxylation is 1. The third-order valence-corrected chi connectivity index (χ3v) is 5.90. The SMILES string of the molecule is Cc1nccn1P(=O)(O)OC[C@H]1O[C@@H](n2cnc3c(=O)[nH]c(N)nc32)C[C@@H]1O. The van der Waals surface area contributed by atoms with Gasteiger partial charge in [-0.3, -0.25) is 18.9 Å². The molecule has 14 heteroatoms. The molecule has 0 aliphatic carbocycles. The second-order valence-electron chi connectivity index (χ2n) is 6.31. The minimum atomic E-state index is -4.18. The van der Waals surface area contributed by atoms with E-state index in [1.807, 2.05) is 0 Å². The van der Waals surface area contributed by atoms with Crippen molar-refractivity contribution in [1.29, 1.82) is 0 Å². The number of anilines is 1. The number of aliphatic hydroxyl groups excluding tert-OH is 1. The van der Waals surface area contributed by atoms with Crippen molar-refractivity contribution in [3.05, 3.63) is 34.9 Å². The van der Waals surface area contributed by atoms with E-state index in [1.54, 1.807) is 6.92 Å². The maximum absolute atomic E-state index is 12.4. The Kier molecular flexibility index (Phi) is 4.56. The molecule has 28 heavy (non-hydrogen) atoms. The van der Waals surface area contributed by atoms with Crippen LogP contribution in [0.4, 0.5) is 5.95 Å². The molecule has 13 nitrogen and oxygen atoms in total. The van der Waals surface area contributed by atoms with Crippen molar-refractivity contribution >= 4 is 24.9 Å². The molecular formula is C14H18N7O6P. The Labute approximate surface area is 157 Å². The number of aromatic amines is 1. The molecular weight excluding hydrogens is 393 g/mol. The Hall–Kier alpha value is -2.57. The number of H-pyrrole nitrogens is 1. The molecule has 1 aliphatic heterocycles. The van der Waals surface area contributed by atoms with Gasteiger partial charge in [-0.15, -0.1) is 0 Å². The normalized spacial score (nSPS) is 24.6. The van der Waals surface area contributed by atoms with Crippen LogP contribution in [-0.2, 0) is 13.8 Å². The summed E-state index contributed by atoms with van der Waals surface area (Å²) in [6.07, 6.45) is 1.68. The first-order valence-corrected chi connectivity index (χ1v) is 9.83. The molecule has 0 amide bonds. The molecule has 5 N–H and O–H groups in total. The smallest absolute Gasteiger partial charge is 0.390 e. The van der Waals surface area contributed by atoms with Gasteiger partial charge in [-0.2, -0.15) is 4.98 Å². The first-order valence-electron chi connectivity index (χ1n) is 8.30. The summed E-state index contributed by atoms with van der Waals surface area (Å²) >= 11 is 0. The highest BCUT2D eigenvalue weighted by Crippen LogP contribution is 2.45. The van der Waals surface area contributed by atoms with Gasteiger partial charge in [0.2, 0.25) is 5.95 Å². The molecule has 1 fully saturated rings. The maximum atomic E-state index is 12.4. The van der Waals surface area contributed by atoms with Gasteiger partial charge in [0.25, 0.3) is 5.56 Å². The van der Waals surface area contributed by atoms with Gasteiger partial charge >= 0.3 is 7.75 Å². The number of hydrogen-bond donors (Lipinski definition) is 4. The zero-order valence-electron chi connectivity index (χ0n) is 14.7. The summed E-state index contributed by atoms with van der Waals surface area (Å²) in [6.45, 7) is 1.24. The predicted octanol–water partition coefficient (Wildman–Crippen LogP) is -0.480. The zero-order chi connectivity index (χ0) is 20.1. The van der Waals surface area contributed by atoms with E-state index in [-0.39, 0.29) is 30.1 Å². The van der Waals surface area contributed by atoms with Crippen LogP contribution in [0, 0.1) is 6.92 Å². The van der Waals surface area contributed by atoms with Crippen molar-refractivity contribution in [2.75, 3.05) is 12.3 Å². The number of hydrogen-bond acceptors (Lipinski definition) is 9. The van der Waals surface area contributed by atoms with E-state index in [2.05, 4.69) is 19.9 Å². The van der Waals surface area contributed by atoms with Crippen LogP contribution in [0.2, 0.25) is 0 Å². The second-order valence-corrected chi connectivity index (χ2v) is 7.98. The van der Waals surface area contributed by atoms with Crippen molar-refractivity contribution in [3.8, 4) is 0 Å². The average molecular weight is 411 g/mol. The van der Waals surface area contributed by atoms with Gasteiger partial charge in [0.15, 0.2) is 11.2 Å². The fourth-order valence-corrected chi connectivity index (χ4v) is 4.17. The number of imidazole rings is 2. The lowest BCUT2D eigenvalue weighted by Crippen LogP contribution is -2.26. The van der Waals surface area contributed by atoms with Crippen molar-refractivity contribution in [2.45, 2.75) is 31.8 Å². The maximum Gasteiger partial charge on any atom is 0.437 e. The van der Waals surface area contributed by atoms with Crippen LogP contribution in [0.5, 0.6) is 0 Å². The summed E-state index contributed by atoms with van der Waals surface area (Å²) in [5.41, 5.74) is 5.38. The summed E-state index contributed by atoms with van der Waals surface area (Å²) in [4.78, 5) is 36.3. The molecule has 4 atom stereocenters. The summed E-state index contributed by atoms with van der Waals surface area (Å²) in [7, 11) is -4.18. The van der Waals surface area contributed by atoms with E-state index in [0.717, 1.165) is 4.34 Å². The minimum Gasteiger partial charge on any atom is -0.390 e. The van der Waals surface area contributed by atoms with Crippen LogP contribution < -0.4 is 11.3 Å². The van der Waals surface area contributed by atoms with Crippen LogP contribution in [0.15, 0.2) is 23.5 Å². The molecule has 0 aromatic carbocycles. The lowest BCUT2D eigenvalue weighted by molar-refractivity contribution is -0.0400. The van der Waals surface area contributed by atoms with E-state index in [0.29, 0.717) is 5.82 Å². The summed E-state index contributed by atoms with van der Waals surface area (Å²) in [5, 5.41) is 10.3. The second kappa shape index (κ2) is 6.79. The number of nitrogens with one attached hydrogen (secondary N) is 1. The first kappa shape index (κ1) is 18.8. The number of nitrogens with two attached hydrogens (primary N) is 1. The number of ether oxygens (including phenoxy) is 1. The Bertz CT molecular complexity index is 1120. The van der Waals surface area contributed by atoms with Gasteiger partial charge in [0.05, 0.1) is 19.0 Å². The molecule has 0 saturated carbocycles. The number of nitrogens with zero attached hydrogens (tertiary/aromatic N) is 5. The van der Waals surface area contributed by atoms with Crippen LogP contribution in [0.1, 0.15) is 18.5 Å². The molecule has 1 unspecified atom stereocenters. The summed E-state index contributed by atoms with van der Waals surface area (Å²) in [5.74, 6) is 0.241. The van der Waals surface area contributed by atoms with Crippen molar-refractivity contribution in [1.82, 2.24) is 28.8 Å². The number of aromatic nitrogens is 6. The largest absolute Gasteiger partial charge is 0.437 e. The lowest BCUT2D eigenvalue weighted by Gasteiger charge is -2.19. The van der Waals surface area contributed by atoms with Crippen LogP contribution in [0.3, 0.4) is 0 Å². The Balaban J connectivity index is 1.51. The highest BCUT2D eigenvalue weighted by atomic mass is 31.2. The minimum absolute atomic E-state index is 0.0744. The topological polar surface area (TPSA) is 183 Å². The Morgan fingerprint density at radius 1 is 1.50 bits per heavy atom. The number of rotatable bonds is 5.